The number of hydrogen-bond acceptors (Lipinski definition) is 7. The molecular weight excluding hydrogens is 352 g/mol. The maximum atomic E-state index is 12.3. The summed E-state index contributed by atoms with van der Waals surface area (Å²) in [7, 11) is 2.88. The number of esters is 1. The monoisotopic (exact) mass is 374 g/mol. The highest BCUT2D eigenvalue weighted by Gasteiger charge is 2.51. The lowest BCUT2D eigenvalue weighted by molar-refractivity contribution is -0.154. The molecule has 1 aliphatic rings. The second-order valence-corrected chi connectivity index (χ2v) is 6.61. The number of hydrogen-bond donors (Lipinski definition) is 3. The molecule has 0 radical (unpaired) electrons. The Bertz CT molecular complexity index is 848. The summed E-state index contributed by atoms with van der Waals surface area (Å²) in [6.07, 6.45) is 0.399. The van der Waals surface area contributed by atoms with Crippen molar-refractivity contribution in [3.05, 3.63) is 47.5 Å². The molecule has 0 aromatic heterocycles. The first kappa shape index (κ1) is 18.8. The summed E-state index contributed by atoms with van der Waals surface area (Å²) in [6.45, 7) is 0.0910. The number of ether oxygens (including phenoxy) is 3. The van der Waals surface area contributed by atoms with E-state index < -0.39 is 17.5 Å². The highest BCUT2D eigenvalue weighted by Crippen LogP contribution is 2.36. The van der Waals surface area contributed by atoms with Gasteiger partial charge in [0, 0.05) is 12.3 Å². The summed E-state index contributed by atoms with van der Waals surface area (Å²) in [5.41, 5.74) is -0.262. The van der Waals surface area contributed by atoms with Crippen LogP contribution in [0.1, 0.15) is 11.1 Å². The van der Waals surface area contributed by atoms with Gasteiger partial charge in [-0.3, -0.25) is 0 Å². The van der Waals surface area contributed by atoms with Crippen LogP contribution in [0.4, 0.5) is 0 Å². The van der Waals surface area contributed by atoms with Crippen molar-refractivity contribution in [2.75, 3.05) is 20.8 Å². The Hall–Kier alpha value is -2.93. The van der Waals surface area contributed by atoms with E-state index in [1.165, 1.54) is 26.4 Å². The van der Waals surface area contributed by atoms with Crippen LogP contribution in [0.15, 0.2) is 36.4 Å². The van der Waals surface area contributed by atoms with E-state index in [1.807, 2.05) is 0 Å². The average molecular weight is 374 g/mol. The van der Waals surface area contributed by atoms with Gasteiger partial charge in [-0.15, -0.1) is 0 Å². The van der Waals surface area contributed by atoms with E-state index in [1.54, 1.807) is 24.3 Å². The van der Waals surface area contributed by atoms with Gasteiger partial charge >= 0.3 is 5.97 Å². The average Bonchev–Trinajstić information content (AvgIpc) is 2.92. The minimum absolute atomic E-state index is 0.0185. The maximum absolute atomic E-state index is 12.3. The Morgan fingerprint density at radius 2 is 1.59 bits per heavy atom. The minimum atomic E-state index is -1.70. The molecule has 1 heterocycles. The Kier molecular flexibility index (Phi) is 5.14. The number of phenols is 2. The van der Waals surface area contributed by atoms with Gasteiger partial charge in [-0.25, -0.2) is 4.79 Å². The summed E-state index contributed by atoms with van der Waals surface area (Å²) >= 11 is 0. The summed E-state index contributed by atoms with van der Waals surface area (Å²) in [6, 6.07) is 9.56. The smallest absolute Gasteiger partial charge is 0.338 e. The highest BCUT2D eigenvalue weighted by molar-refractivity contribution is 5.82. The highest BCUT2D eigenvalue weighted by atomic mass is 16.6. The molecule has 2 aromatic carbocycles. The predicted octanol–water partition coefficient (Wildman–Crippen LogP) is 1.80. The van der Waals surface area contributed by atoms with Crippen molar-refractivity contribution in [1.29, 1.82) is 0 Å². The molecule has 0 spiro atoms. The second kappa shape index (κ2) is 7.36. The number of carbonyl (C=O) groups excluding carboxylic acids is 1. The summed E-state index contributed by atoms with van der Waals surface area (Å²) in [5.74, 6) is -0.558. The largest absolute Gasteiger partial charge is 0.504 e. The third-order valence-electron chi connectivity index (χ3n) is 4.89. The lowest BCUT2D eigenvalue weighted by atomic mass is 9.81. The van der Waals surface area contributed by atoms with Crippen LogP contribution in [0, 0.1) is 5.92 Å². The van der Waals surface area contributed by atoms with E-state index in [9.17, 15) is 20.1 Å². The summed E-state index contributed by atoms with van der Waals surface area (Å²) in [4.78, 5) is 12.3. The minimum Gasteiger partial charge on any atom is -0.504 e. The normalized spacial score (nSPS) is 21.7. The molecule has 7 nitrogen and oxygen atoms in total. The molecule has 1 aliphatic heterocycles. The van der Waals surface area contributed by atoms with Gasteiger partial charge in [-0.2, -0.15) is 0 Å². The number of methoxy groups -OCH3 is 2. The molecule has 0 amide bonds. The molecular formula is C20H22O7. The molecule has 2 atom stereocenters. The van der Waals surface area contributed by atoms with Crippen LogP contribution in [-0.4, -0.2) is 47.7 Å². The van der Waals surface area contributed by atoms with Gasteiger partial charge in [0.25, 0.3) is 0 Å². The van der Waals surface area contributed by atoms with Gasteiger partial charge in [-0.05, 0) is 41.8 Å². The van der Waals surface area contributed by atoms with Crippen molar-refractivity contribution < 1.29 is 34.3 Å². The molecule has 1 fully saturated rings. The number of rotatable bonds is 6. The standard InChI is InChI=1S/C20H22O7/c1-25-17-8-12(3-5-15(17)21)7-14-11-27-19(23)20(14,24)10-13-4-6-16(22)18(9-13)26-2/h3-6,8-9,14,21-22,24H,7,10-11H2,1-2H3/t14-,20+/m0/s1. The van der Waals surface area contributed by atoms with Gasteiger partial charge in [0.05, 0.1) is 20.8 Å². The van der Waals surface area contributed by atoms with Gasteiger partial charge in [0.1, 0.15) is 0 Å². The number of phenolic OH excluding ortho intramolecular Hbond substituents is 2. The number of cyclic esters (lactones) is 1. The summed E-state index contributed by atoms with van der Waals surface area (Å²) < 4.78 is 15.3. The molecule has 0 bridgehead atoms. The lowest BCUT2D eigenvalue weighted by Crippen LogP contribution is -2.44. The molecule has 2 aromatic rings. The predicted molar refractivity (Wildman–Crippen MR) is 96.1 cm³/mol. The topological polar surface area (TPSA) is 105 Å². The van der Waals surface area contributed by atoms with Gasteiger partial charge in [0.15, 0.2) is 28.6 Å². The molecule has 3 N–H and O–H groups in total. The van der Waals surface area contributed by atoms with Crippen LogP contribution in [-0.2, 0) is 22.4 Å². The van der Waals surface area contributed by atoms with Gasteiger partial charge in [-0.1, -0.05) is 12.1 Å². The van der Waals surface area contributed by atoms with Crippen LogP contribution in [0.25, 0.3) is 0 Å². The Morgan fingerprint density at radius 3 is 2.19 bits per heavy atom. The fourth-order valence-corrected chi connectivity index (χ4v) is 3.33. The van der Waals surface area contributed by atoms with Crippen LogP contribution in [0.3, 0.4) is 0 Å². The van der Waals surface area contributed by atoms with Crippen molar-refractivity contribution in [3.63, 3.8) is 0 Å². The number of aliphatic hydroxyl groups is 1. The fourth-order valence-electron chi connectivity index (χ4n) is 3.33. The van der Waals surface area contributed by atoms with Crippen molar-refractivity contribution in [2.24, 2.45) is 5.92 Å². The third-order valence-corrected chi connectivity index (χ3v) is 4.89. The molecule has 144 valence electrons. The second-order valence-electron chi connectivity index (χ2n) is 6.61. The molecule has 0 aliphatic carbocycles. The van der Waals surface area contributed by atoms with E-state index in [-0.39, 0.29) is 30.3 Å². The van der Waals surface area contributed by atoms with E-state index in [0.717, 1.165) is 5.56 Å². The first-order chi connectivity index (χ1) is 12.9. The molecule has 0 unspecified atom stereocenters. The Balaban J connectivity index is 1.84. The van der Waals surface area contributed by atoms with E-state index >= 15 is 0 Å². The zero-order valence-corrected chi connectivity index (χ0v) is 15.1. The van der Waals surface area contributed by atoms with E-state index in [0.29, 0.717) is 17.7 Å². The number of benzene rings is 2. The Morgan fingerprint density at radius 1 is 1.04 bits per heavy atom. The molecule has 7 heteroatoms. The third kappa shape index (κ3) is 3.64. The molecule has 0 saturated carbocycles. The van der Waals surface area contributed by atoms with Gasteiger partial charge in [0.2, 0.25) is 0 Å². The fraction of sp³-hybridized carbons (Fsp3) is 0.350. The van der Waals surface area contributed by atoms with Crippen molar-refractivity contribution in [1.82, 2.24) is 0 Å². The summed E-state index contributed by atoms with van der Waals surface area (Å²) in [5, 5.41) is 30.5. The molecule has 27 heavy (non-hydrogen) atoms. The zero-order chi connectivity index (χ0) is 19.6. The van der Waals surface area contributed by atoms with Gasteiger partial charge < -0.3 is 29.5 Å². The number of carbonyl (C=O) groups is 1. The Labute approximate surface area is 156 Å². The van der Waals surface area contributed by atoms with E-state index in [4.69, 9.17) is 14.2 Å². The number of aromatic hydroxyl groups is 2. The SMILES string of the molecule is COc1cc(C[C@H]2COC(=O)[C@@]2(O)Cc2ccc(O)c(OC)c2)ccc1O. The van der Waals surface area contributed by atoms with Crippen LogP contribution < -0.4 is 9.47 Å². The van der Waals surface area contributed by atoms with Crippen molar-refractivity contribution in [3.8, 4) is 23.0 Å². The maximum Gasteiger partial charge on any atom is 0.338 e. The van der Waals surface area contributed by atoms with Crippen LogP contribution in [0.2, 0.25) is 0 Å². The van der Waals surface area contributed by atoms with Crippen LogP contribution in [0.5, 0.6) is 23.0 Å². The van der Waals surface area contributed by atoms with E-state index in [2.05, 4.69) is 0 Å². The van der Waals surface area contributed by atoms with Crippen LogP contribution >= 0.6 is 0 Å². The quantitative estimate of drug-likeness (QED) is 0.662. The lowest BCUT2D eigenvalue weighted by Gasteiger charge is -2.26. The van der Waals surface area contributed by atoms with Crippen molar-refractivity contribution in [2.45, 2.75) is 18.4 Å². The molecule has 1 saturated heterocycles. The zero-order valence-electron chi connectivity index (χ0n) is 15.1. The van der Waals surface area contributed by atoms with Crippen molar-refractivity contribution >= 4 is 5.97 Å². The molecule has 3 rings (SSSR count). The first-order valence-electron chi connectivity index (χ1n) is 8.48. The first-order valence-corrected chi connectivity index (χ1v) is 8.48.